The number of hydrogen-bond acceptors (Lipinski definition) is 8. The van der Waals surface area contributed by atoms with Crippen LogP contribution in [0.25, 0.3) is 11.0 Å². The molecule has 240 valence electrons. The van der Waals surface area contributed by atoms with E-state index in [1.165, 1.54) is 6.07 Å². The Morgan fingerprint density at radius 2 is 1.61 bits per heavy atom. The van der Waals surface area contributed by atoms with E-state index in [1.54, 1.807) is 19.1 Å². The molecule has 0 unspecified atom stereocenters. The monoisotopic (exact) mass is 637 g/mol. The van der Waals surface area contributed by atoms with E-state index < -0.39 is 49.4 Å². The molecule has 0 fully saturated rings. The minimum Gasteiger partial charge on any atom is -0.503 e. The molecule has 0 bridgehead atoms. The Bertz CT molecular complexity index is 1640. The first-order chi connectivity index (χ1) is 20.9. The molecule has 0 saturated heterocycles. The topological polar surface area (TPSA) is 169 Å². The van der Waals surface area contributed by atoms with Crippen molar-refractivity contribution in [1.82, 2.24) is 5.32 Å². The molecule has 0 aliphatic rings. The molecular formula is C30H37F2N3O8S. The van der Waals surface area contributed by atoms with Gasteiger partial charge in [0.05, 0.1) is 10.7 Å². The van der Waals surface area contributed by atoms with Crippen molar-refractivity contribution in [3.05, 3.63) is 73.6 Å². The maximum atomic E-state index is 13.9. The molecule has 3 N–H and O–H groups in total. The third kappa shape index (κ3) is 9.46. The lowest BCUT2D eigenvalue weighted by Crippen LogP contribution is -2.29. The van der Waals surface area contributed by atoms with Crippen LogP contribution in [0.1, 0.15) is 87.1 Å². The highest BCUT2D eigenvalue weighted by atomic mass is 32.2. The third-order valence-electron chi connectivity index (χ3n) is 7.21. The Hall–Kier alpha value is -4.07. The van der Waals surface area contributed by atoms with Crippen LogP contribution in [0.15, 0.2) is 39.5 Å². The van der Waals surface area contributed by atoms with Gasteiger partial charge in [0.2, 0.25) is 15.8 Å². The molecule has 14 heteroatoms. The van der Waals surface area contributed by atoms with Crippen LogP contribution in [0.5, 0.6) is 5.75 Å². The normalized spacial score (nSPS) is 11.5. The SMILES string of the molecule is CCc1cccc(NS(=O)(=O)CCCCCCCCCCCCNC(=O)c2cc3cc(F)c(O)c(F)c3oc2=O)c1[N+](=O)[O-]. The Morgan fingerprint density at radius 1 is 1.00 bits per heavy atom. The van der Waals surface area contributed by atoms with Gasteiger partial charge in [0.1, 0.15) is 11.3 Å². The molecule has 1 amide bonds. The third-order valence-corrected chi connectivity index (χ3v) is 8.57. The second kappa shape index (κ2) is 16.1. The maximum Gasteiger partial charge on any atom is 0.349 e. The second-order valence-electron chi connectivity index (χ2n) is 10.5. The zero-order chi connectivity index (χ0) is 32.3. The van der Waals surface area contributed by atoms with Gasteiger partial charge in [-0.3, -0.25) is 19.6 Å². The highest BCUT2D eigenvalue weighted by molar-refractivity contribution is 7.92. The van der Waals surface area contributed by atoms with Crippen LogP contribution in [0.2, 0.25) is 0 Å². The van der Waals surface area contributed by atoms with Crippen LogP contribution < -0.4 is 15.7 Å². The molecule has 0 spiro atoms. The average molecular weight is 638 g/mol. The lowest BCUT2D eigenvalue weighted by molar-refractivity contribution is -0.384. The number of nitro groups is 1. The number of sulfonamides is 1. The number of nitro benzene ring substituents is 1. The molecule has 0 aliphatic carbocycles. The Kier molecular flexibility index (Phi) is 12.6. The number of aromatic hydroxyl groups is 1. The zero-order valence-electron chi connectivity index (χ0n) is 24.5. The van der Waals surface area contributed by atoms with Gasteiger partial charge in [-0.25, -0.2) is 17.6 Å². The first-order valence-corrected chi connectivity index (χ1v) is 16.3. The summed E-state index contributed by atoms with van der Waals surface area (Å²) in [6.07, 6.45) is 8.97. The summed E-state index contributed by atoms with van der Waals surface area (Å²) in [6, 6.07) is 6.41. The minimum atomic E-state index is -3.70. The van der Waals surface area contributed by atoms with E-state index in [4.69, 9.17) is 4.42 Å². The summed E-state index contributed by atoms with van der Waals surface area (Å²) in [4.78, 5) is 35.3. The molecule has 0 saturated carbocycles. The fourth-order valence-electron chi connectivity index (χ4n) is 4.86. The fourth-order valence-corrected chi connectivity index (χ4v) is 6.05. The minimum absolute atomic E-state index is 0.00705. The van der Waals surface area contributed by atoms with E-state index in [2.05, 4.69) is 10.0 Å². The van der Waals surface area contributed by atoms with E-state index in [0.717, 1.165) is 63.5 Å². The molecule has 11 nitrogen and oxygen atoms in total. The van der Waals surface area contributed by atoms with E-state index in [0.29, 0.717) is 31.4 Å². The fraction of sp³-hybridized carbons (Fsp3) is 0.467. The largest absolute Gasteiger partial charge is 0.503 e. The number of fused-ring (bicyclic) bond motifs is 1. The number of hydrogen-bond donors (Lipinski definition) is 3. The molecule has 44 heavy (non-hydrogen) atoms. The van der Waals surface area contributed by atoms with Gasteiger partial charge in [0, 0.05) is 17.5 Å². The van der Waals surface area contributed by atoms with E-state index >= 15 is 0 Å². The van der Waals surface area contributed by atoms with Gasteiger partial charge in [-0.05, 0) is 37.5 Å². The molecule has 2 aromatic carbocycles. The van der Waals surface area contributed by atoms with E-state index in [9.17, 15) is 42.0 Å². The van der Waals surface area contributed by atoms with Gasteiger partial charge in [-0.2, -0.15) is 4.39 Å². The highest BCUT2D eigenvalue weighted by Crippen LogP contribution is 2.30. The van der Waals surface area contributed by atoms with Crippen LogP contribution in [-0.2, 0) is 16.4 Å². The number of amides is 1. The van der Waals surface area contributed by atoms with Crippen molar-refractivity contribution in [3.8, 4) is 5.75 Å². The number of rotatable bonds is 18. The van der Waals surface area contributed by atoms with E-state index in [-0.39, 0.29) is 28.1 Å². The van der Waals surface area contributed by atoms with Gasteiger partial charge >= 0.3 is 5.63 Å². The molecular weight excluding hydrogens is 600 g/mol. The summed E-state index contributed by atoms with van der Waals surface area (Å²) >= 11 is 0. The molecule has 3 aromatic rings. The molecule has 0 aliphatic heterocycles. The first-order valence-electron chi connectivity index (χ1n) is 14.6. The van der Waals surface area contributed by atoms with Crippen molar-refractivity contribution in [2.75, 3.05) is 17.0 Å². The number of carbonyl (C=O) groups excluding carboxylic acids is 1. The number of nitrogens with one attached hydrogen (secondary N) is 2. The summed E-state index contributed by atoms with van der Waals surface area (Å²) in [6.45, 7) is 2.08. The second-order valence-corrected chi connectivity index (χ2v) is 12.4. The van der Waals surface area contributed by atoms with Crippen LogP contribution in [0, 0.1) is 21.7 Å². The standard InChI is InChI=1S/C30H37F2N3O8S/c1-2-20-14-13-15-24(26(20)35(39)40)34-44(41,42)17-12-10-8-6-4-3-5-7-9-11-16-33-29(37)22-18-21-19-23(31)27(36)25(32)28(21)43-30(22)38/h13-15,18-19,34,36H,2-12,16-17H2,1H3,(H,33,37). The first kappa shape index (κ1) is 34.4. The number of halogens is 2. The van der Waals surface area contributed by atoms with Crippen molar-refractivity contribution in [1.29, 1.82) is 0 Å². The van der Waals surface area contributed by atoms with Gasteiger partial charge in [0.25, 0.3) is 11.6 Å². The summed E-state index contributed by atoms with van der Waals surface area (Å²) in [7, 11) is -3.70. The number of unbranched alkanes of at least 4 members (excludes halogenated alkanes) is 9. The number of nitrogens with zero attached hydrogens (tertiary/aromatic N) is 1. The van der Waals surface area contributed by atoms with Crippen molar-refractivity contribution < 1.29 is 36.4 Å². The summed E-state index contributed by atoms with van der Waals surface area (Å²) in [5.41, 5.74) is -1.86. The van der Waals surface area contributed by atoms with Crippen LogP contribution in [0.4, 0.5) is 20.2 Å². The Labute approximate surface area is 253 Å². The summed E-state index contributed by atoms with van der Waals surface area (Å²) in [5.74, 6) is -4.73. The number of anilines is 1. The van der Waals surface area contributed by atoms with Crippen molar-refractivity contribution in [3.63, 3.8) is 0 Å². The van der Waals surface area contributed by atoms with E-state index in [1.807, 2.05) is 0 Å². The average Bonchev–Trinajstić information content (AvgIpc) is 2.97. The zero-order valence-corrected chi connectivity index (χ0v) is 25.3. The number of para-hydroxylation sites is 1. The quantitative estimate of drug-likeness (QED) is 0.0630. The van der Waals surface area contributed by atoms with Gasteiger partial charge in [0.15, 0.2) is 17.1 Å². The van der Waals surface area contributed by atoms with Crippen LogP contribution >= 0.6 is 0 Å². The van der Waals surface area contributed by atoms with Gasteiger partial charge in [-0.1, -0.05) is 70.4 Å². The lowest BCUT2D eigenvalue weighted by atomic mass is 10.1. The molecule has 3 rings (SSSR count). The van der Waals surface area contributed by atoms with Gasteiger partial charge < -0.3 is 14.8 Å². The molecule has 0 atom stereocenters. The predicted molar refractivity (Wildman–Crippen MR) is 162 cm³/mol. The number of benzene rings is 2. The number of aryl methyl sites for hydroxylation is 1. The maximum absolute atomic E-state index is 13.9. The van der Waals surface area contributed by atoms with Crippen LogP contribution in [0.3, 0.4) is 0 Å². The molecule has 0 radical (unpaired) electrons. The number of phenolic OH excluding ortho intramolecular Hbond substituents is 1. The predicted octanol–water partition coefficient (Wildman–Crippen LogP) is 6.32. The number of carbonyl (C=O) groups is 1. The van der Waals surface area contributed by atoms with Crippen molar-refractivity contribution in [2.45, 2.75) is 77.6 Å². The van der Waals surface area contributed by atoms with Crippen LogP contribution in [-0.4, -0.2) is 36.7 Å². The Morgan fingerprint density at radius 3 is 2.23 bits per heavy atom. The molecule has 1 heterocycles. The Balaban J connectivity index is 1.25. The van der Waals surface area contributed by atoms with Gasteiger partial charge in [-0.15, -0.1) is 0 Å². The summed E-state index contributed by atoms with van der Waals surface area (Å²) in [5, 5.41) is 23.2. The smallest absolute Gasteiger partial charge is 0.349 e. The lowest BCUT2D eigenvalue weighted by Gasteiger charge is -2.10. The van der Waals surface area contributed by atoms with Crippen molar-refractivity contribution in [2.24, 2.45) is 0 Å². The molecule has 1 aromatic heterocycles. The number of phenols is 1. The van der Waals surface area contributed by atoms with Crippen molar-refractivity contribution >= 4 is 38.3 Å². The summed E-state index contributed by atoms with van der Waals surface area (Å²) < 4.78 is 59.6. The highest BCUT2D eigenvalue weighted by Gasteiger charge is 2.22.